The molecule has 0 aliphatic rings. The molecule has 0 aromatic heterocycles. The lowest BCUT2D eigenvalue weighted by Crippen LogP contribution is -1.98. The highest BCUT2D eigenvalue weighted by Crippen LogP contribution is 2.27. The first-order valence-electron chi connectivity index (χ1n) is 6.44. The Morgan fingerprint density at radius 1 is 1.06 bits per heavy atom. The molecule has 0 saturated carbocycles. The molecule has 16 heavy (non-hydrogen) atoms. The van der Waals surface area contributed by atoms with Crippen LogP contribution in [-0.2, 0) is 0 Å². The molecular weight excluding hydrogens is 192 g/mol. The Kier molecular flexibility index (Phi) is 5.31. The summed E-state index contributed by atoms with van der Waals surface area (Å²) in [6, 6.07) is 8.96. The largest absolute Gasteiger partial charge is 0.0955 e. The van der Waals surface area contributed by atoms with Gasteiger partial charge in [0.2, 0.25) is 0 Å². The molecule has 0 unspecified atom stereocenters. The molecule has 0 nitrogen and oxygen atoms in total. The summed E-state index contributed by atoms with van der Waals surface area (Å²) < 4.78 is 0. The van der Waals surface area contributed by atoms with Gasteiger partial charge in [-0.05, 0) is 36.8 Å². The summed E-state index contributed by atoms with van der Waals surface area (Å²) in [7, 11) is 0. The number of hydrogen-bond acceptors (Lipinski definition) is 0. The molecule has 0 N–H and O–H groups in total. The molecule has 88 valence electrons. The van der Waals surface area contributed by atoms with Crippen molar-refractivity contribution in [3.8, 4) is 0 Å². The molecule has 0 saturated heterocycles. The first kappa shape index (κ1) is 13.0. The SMILES string of the molecule is C=C(C)c1ccc(C(CCC)CCC)cc1. The summed E-state index contributed by atoms with van der Waals surface area (Å²) in [4.78, 5) is 0. The van der Waals surface area contributed by atoms with Crippen LogP contribution in [-0.4, -0.2) is 0 Å². The van der Waals surface area contributed by atoms with E-state index in [0.717, 1.165) is 11.5 Å². The Bertz CT molecular complexity index is 312. The number of hydrogen-bond donors (Lipinski definition) is 0. The van der Waals surface area contributed by atoms with Crippen LogP contribution in [0.4, 0.5) is 0 Å². The maximum Gasteiger partial charge on any atom is -0.0162 e. The van der Waals surface area contributed by atoms with Gasteiger partial charge in [0.15, 0.2) is 0 Å². The number of rotatable bonds is 6. The van der Waals surface area contributed by atoms with Crippen LogP contribution in [0, 0.1) is 0 Å². The Labute approximate surface area is 100 Å². The molecule has 0 fully saturated rings. The second-order valence-corrected chi connectivity index (χ2v) is 4.68. The van der Waals surface area contributed by atoms with Crippen LogP contribution in [0.1, 0.15) is 63.5 Å². The van der Waals surface area contributed by atoms with Crippen molar-refractivity contribution in [2.24, 2.45) is 0 Å². The van der Waals surface area contributed by atoms with Gasteiger partial charge in [-0.2, -0.15) is 0 Å². The average Bonchev–Trinajstić information content (AvgIpc) is 2.29. The van der Waals surface area contributed by atoms with Gasteiger partial charge in [0.25, 0.3) is 0 Å². The molecule has 0 aliphatic heterocycles. The lowest BCUT2D eigenvalue weighted by atomic mass is 9.89. The second kappa shape index (κ2) is 6.52. The molecule has 0 heteroatoms. The first-order valence-corrected chi connectivity index (χ1v) is 6.44. The summed E-state index contributed by atoms with van der Waals surface area (Å²) in [6.45, 7) is 10.6. The van der Waals surface area contributed by atoms with Crippen molar-refractivity contribution >= 4 is 5.57 Å². The zero-order chi connectivity index (χ0) is 12.0. The van der Waals surface area contributed by atoms with Crippen LogP contribution in [0.25, 0.3) is 5.57 Å². The molecule has 1 rings (SSSR count). The predicted octanol–water partition coefficient (Wildman–Crippen LogP) is 5.40. The van der Waals surface area contributed by atoms with Crippen molar-refractivity contribution in [2.75, 3.05) is 0 Å². The monoisotopic (exact) mass is 216 g/mol. The van der Waals surface area contributed by atoms with E-state index in [-0.39, 0.29) is 0 Å². The molecule has 0 radical (unpaired) electrons. The third-order valence-electron chi connectivity index (χ3n) is 3.15. The van der Waals surface area contributed by atoms with Gasteiger partial charge in [-0.3, -0.25) is 0 Å². The third-order valence-corrected chi connectivity index (χ3v) is 3.15. The number of allylic oxidation sites excluding steroid dienone is 1. The maximum atomic E-state index is 3.97. The smallest absolute Gasteiger partial charge is 0.0162 e. The summed E-state index contributed by atoms with van der Waals surface area (Å²) >= 11 is 0. The second-order valence-electron chi connectivity index (χ2n) is 4.68. The van der Waals surface area contributed by atoms with Crippen molar-refractivity contribution in [3.05, 3.63) is 42.0 Å². The molecule has 0 spiro atoms. The minimum absolute atomic E-state index is 0.745. The third kappa shape index (κ3) is 3.52. The van der Waals surface area contributed by atoms with E-state index in [2.05, 4.69) is 51.6 Å². The van der Waals surface area contributed by atoms with Crippen LogP contribution in [0.5, 0.6) is 0 Å². The van der Waals surface area contributed by atoms with Gasteiger partial charge in [-0.25, -0.2) is 0 Å². The van der Waals surface area contributed by atoms with Crippen molar-refractivity contribution in [1.82, 2.24) is 0 Å². The molecule has 0 amide bonds. The van der Waals surface area contributed by atoms with Crippen LogP contribution in [0.3, 0.4) is 0 Å². The normalized spacial score (nSPS) is 10.8. The van der Waals surface area contributed by atoms with E-state index in [0.29, 0.717) is 0 Å². The lowest BCUT2D eigenvalue weighted by molar-refractivity contribution is 0.561. The van der Waals surface area contributed by atoms with Crippen LogP contribution < -0.4 is 0 Å². The van der Waals surface area contributed by atoms with Gasteiger partial charge < -0.3 is 0 Å². The Balaban J connectivity index is 2.80. The van der Waals surface area contributed by atoms with Crippen molar-refractivity contribution < 1.29 is 0 Å². The predicted molar refractivity (Wildman–Crippen MR) is 73.7 cm³/mol. The fourth-order valence-electron chi connectivity index (χ4n) is 2.21. The van der Waals surface area contributed by atoms with E-state index in [9.17, 15) is 0 Å². The van der Waals surface area contributed by atoms with E-state index < -0.39 is 0 Å². The topological polar surface area (TPSA) is 0 Å². The highest BCUT2D eigenvalue weighted by Gasteiger charge is 2.09. The van der Waals surface area contributed by atoms with Gasteiger partial charge >= 0.3 is 0 Å². The molecule has 0 aliphatic carbocycles. The van der Waals surface area contributed by atoms with Crippen molar-refractivity contribution in [1.29, 1.82) is 0 Å². The fourth-order valence-corrected chi connectivity index (χ4v) is 2.21. The molecule has 0 bridgehead atoms. The Morgan fingerprint density at radius 2 is 1.56 bits per heavy atom. The van der Waals surface area contributed by atoms with Crippen molar-refractivity contribution in [3.63, 3.8) is 0 Å². The quantitative estimate of drug-likeness (QED) is 0.597. The summed E-state index contributed by atoms with van der Waals surface area (Å²) in [6.07, 6.45) is 5.15. The van der Waals surface area contributed by atoms with Crippen LogP contribution >= 0.6 is 0 Å². The van der Waals surface area contributed by atoms with E-state index >= 15 is 0 Å². The summed E-state index contributed by atoms with van der Waals surface area (Å²) in [5.41, 5.74) is 3.90. The number of benzene rings is 1. The average molecular weight is 216 g/mol. The highest BCUT2D eigenvalue weighted by atomic mass is 14.1. The van der Waals surface area contributed by atoms with Crippen LogP contribution in [0.2, 0.25) is 0 Å². The van der Waals surface area contributed by atoms with E-state index in [1.165, 1.54) is 36.8 Å². The fraction of sp³-hybridized carbons (Fsp3) is 0.500. The molecule has 1 aromatic carbocycles. The van der Waals surface area contributed by atoms with E-state index in [1.54, 1.807) is 0 Å². The van der Waals surface area contributed by atoms with Crippen LogP contribution in [0.15, 0.2) is 30.8 Å². The summed E-state index contributed by atoms with van der Waals surface area (Å²) in [5, 5.41) is 0. The molecule has 1 aromatic rings. The van der Waals surface area contributed by atoms with Gasteiger partial charge in [-0.1, -0.05) is 63.1 Å². The van der Waals surface area contributed by atoms with Crippen molar-refractivity contribution in [2.45, 2.75) is 52.4 Å². The highest BCUT2D eigenvalue weighted by molar-refractivity contribution is 5.61. The maximum absolute atomic E-state index is 3.97. The van der Waals surface area contributed by atoms with Gasteiger partial charge in [0.1, 0.15) is 0 Å². The molecule has 0 atom stereocenters. The molecule has 0 heterocycles. The van der Waals surface area contributed by atoms with Gasteiger partial charge in [-0.15, -0.1) is 0 Å². The minimum atomic E-state index is 0.745. The van der Waals surface area contributed by atoms with Gasteiger partial charge in [0, 0.05) is 0 Å². The van der Waals surface area contributed by atoms with E-state index in [4.69, 9.17) is 0 Å². The summed E-state index contributed by atoms with van der Waals surface area (Å²) in [5.74, 6) is 0.745. The lowest BCUT2D eigenvalue weighted by Gasteiger charge is -2.16. The zero-order valence-corrected chi connectivity index (χ0v) is 10.9. The molecular formula is C16H24. The standard InChI is InChI=1S/C16H24/c1-5-7-15(8-6-2)16-11-9-14(10-12-16)13(3)4/h9-12,15H,3,5-8H2,1-2,4H3. The zero-order valence-electron chi connectivity index (χ0n) is 10.9. The Hall–Kier alpha value is -1.04. The van der Waals surface area contributed by atoms with Gasteiger partial charge in [0.05, 0.1) is 0 Å². The van der Waals surface area contributed by atoms with E-state index in [1.807, 2.05) is 0 Å². The first-order chi connectivity index (χ1) is 7.69. The Morgan fingerprint density at radius 3 is 1.94 bits per heavy atom. The minimum Gasteiger partial charge on any atom is -0.0955 e.